The number of hydrogen-bond donors (Lipinski definition) is 2. The Hall–Kier alpha value is -5.08. The third kappa shape index (κ3) is 6.88. The normalized spacial score (nSPS) is 11.6. The van der Waals surface area contributed by atoms with Crippen molar-refractivity contribution in [1.82, 2.24) is 15.0 Å². The number of para-hydroxylation sites is 2. The van der Waals surface area contributed by atoms with Crippen LogP contribution in [0.3, 0.4) is 0 Å². The maximum Gasteiger partial charge on any atom is 0.326 e. The standard InChI is InChI=1S/C32H30N6O4S/c1-20-8-4-5-9-23(20)28-24(19-33)29(37-32(36-28)43-3)38(2)16-17-41-22-14-12-21(13-15-22)18-26(30(39)40)35-31-34-25-10-6-7-11-27(25)42-31/h4-15,26H,16-18H2,1-3H3,(H,34,35)(H,39,40). The first-order valence-corrected chi connectivity index (χ1v) is 14.8. The number of hydrogen-bond acceptors (Lipinski definition) is 10. The molecule has 10 nitrogen and oxygen atoms in total. The van der Waals surface area contributed by atoms with Crippen LogP contribution >= 0.6 is 11.8 Å². The predicted molar refractivity (Wildman–Crippen MR) is 167 cm³/mol. The summed E-state index contributed by atoms with van der Waals surface area (Å²) in [5, 5.41) is 23.3. The van der Waals surface area contributed by atoms with Crippen LogP contribution in [0.25, 0.3) is 22.4 Å². The average Bonchev–Trinajstić information content (AvgIpc) is 3.43. The van der Waals surface area contributed by atoms with E-state index in [2.05, 4.69) is 26.3 Å². The number of likely N-dealkylation sites (N-methyl/N-ethyl adjacent to an activating group) is 1. The lowest BCUT2D eigenvalue weighted by atomic mass is 10.0. The van der Waals surface area contributed by atoms with E-state index in [0.29, 0.717) is 52.2 Å². The number of fused-ring (bicyclic) bond motifs is 1. The summed E-state index contributed by atoms with van der Waals surface area (Å²) in [6, 6.07) is 23.9. The molecule has 11 heteroatoms. The number of carboxylic acids is 1. The molecule has 0 spiro atoms. The summed E-state index contributed by atoms with van der Waals surface area (Å²) < 4.78 is 11.6. The van der Waals surface area contributed by atoms with Crippen LogP contribution in [0.4, 0.5) is 11.8 Å². The fraction of sp³-hybridized carbons (Fsp3) is 0.219. The van der Waals surface area contributed by atoms with E-state index in [1.165, 1.54) is 11.8 Å². The molecule has 5 aromatic rings. The second kappa shape index (κ2) is 13.3. The molecular formula is C32H30N6O4S. The fourth-order valence-corrected chi connectivity index (χ4v) is 4.94. The molecule has 0 aliphatic carbocycles. The topological polar surface area (TPSA) is 137 Å². The Kier molecular flexibility index (Phi) is 9.08. The van der Waals surface area contributed by atoms with Crippen molar-refractivity contribution in [1.29, 1.82) is 5.26 Å². The average molecular weight is 595 g/mol. The van der Waals surface area contributed by atoms with E-state index in [1.807, 2.05) is 73.7 Å². The highest BCUT2D eigenvalue weighted by Crippen LogP contribution is 2.31. The van der Waals surface area contributed by atoms with E-state index in [-0.39, 0.29) is 12.4 Å². The number of ether oxygens (including phenoxy) is 1. The van der Waals surface area contributed by atoms with Gasteiger partial charge in [-0.05, 0) is 48.6 Å². The number of carbonyl (C=O) groups is 1. The maximum atomic E-state index is 11.9. The van der Waals surface area contributed by atoms with E-state index in [0.717, 1.165) is 16.7 Å². The van der Waals surface area contributed by atoms with E-state index >= 15 is 0 Å². The van der Waals surface area contributed by atoms with Gasteiger partial charge in [-0.3, -0.25) is 0 Å². The van der Waals surface area contributed by atoms with Crippen molar-refractivity contribution in [2.75, 3.05) is 36.7 Å². The van der Waals surface area contributed by atoms with Gasteiger partial charge in [0, 0.05) is 19.0 Å². The van der Waals surface area contributed by atoms with Gasteiger partial charge in [-0.2, -0.15) is 10.2 Å². The van der Waals surface area contributed by atoms with Crippen LogP contribution in [0.5, 0.6) is 5.75 Å². The summed E-state index contributed by atoms with van der Waals surface area (Å²) >= 11 is 1.42. The molecule has 2 heterocycles. The third-order valence-electron chi connectivity index (χ3n) is 6.87. The number of nitriles is 1. The molecular weight excluding hydrogens is 564 g/mol. The van der Waals surface area contributed by atoms with Gasteiger partial charge < -0.3 is 24.5 Å². The molecule has 3 aromatic carbocycles. The molecule has 2 N–H and O–H groups in total. The van der Waals surface area contributed by atoms with Gasteiger partial charge in [0.15, 0.2) is 16.6 Å². The molecule has 0 fully saturated rings. The van der Waals surface area contributed by atoms with Crippen LogP contribution in [0.2, 0.25) is 0 Å². The lowest BCUT2D eigenvalue weighted by Crippen LogP contribution is -2.31. The first-order chi connectivity index (χ1) is 20.9. The van der Waals surface area contributed by atoms with Crippen molar-refractivity contribution in [2.45, 2.75) is 24.5 Å². The Morgan fingerprint density at radius 2 is 1.84 bits per heavy atom. The Balaban J connectivity index is 1.22. The number of rotatable bonds is 12. The zero-order chi connectivity index (χ0) is 30.3. The number of aryl methyl sites for hydroxylation is 1. The van der Waals surface area contributed by atoms with Crippen LogP contribution in [0.1, 0.15) is 16.7 Å². The number of aliphatic carboxylic acids is 1. The van der Waals surface area contributed by atoms with Gasteiger partial charge in [-0.25, -0.2) is 14.8 Å². The molecule has 0 bridgehead atoms. The second-order valence-corrected chi connectivity index (χ2v) is 10.6. The lowest BCUT2D eigenvalue weighted by Gasteiger charge is -2.21. The monoisotopic (exact) mass is 594 g/mol. The Bertz CT molecular complexity index is 1750. The van der Waals surface area contributed by atoms with Gasteiger partial charge in [0.2, 0.25) is 0 Å². The van der Waals surface area contributed by atoms with E-state index in [1.54, 1.807) is 24.3 Å². The maximum absolute atomic E-state index is 11.9. The number of oxazole rings is 1. The van der Waals surface area contributed by atoms with Crippen molar-refractivity contribution >= 4 is 40.7 Å². The molecule has 5 rings (SSSR count). The largest absolute Gasteiger partial charge is 0.492 e. The molecule has 0 saturated heterocycles. The number of nitrogens with zero attached hydrogens (tertiary/aromatic N) is 5. The van der Waals surface area contributed by atoms with Crippen molar-refractivity contribution in [2.24, 2.45) is 0 Å². The Morgan fingerprint density at radius 1 is 1.09 bits per heavy atom. The highest BCUT2D eigenvalue weighted by Gasteiger charge is 2.21. The zero-order valence-corrected chi connectivity index (χ0v) is 24.8. The summed E-state index contributed by atoms with van der Waals surface area (Å²) in [6.45, 7) is 2.82. The first kappa shape index (κ1) is 29.4. The molecule has 1 atom stereocenters. The van der Waals surface area contributed by atoms with Gasteiger partial charge in [-0.1, -0.05) is 60.3 Å². The highest BCUT2D eigenvalue weighted by molar-refractivity contribution is 7.98. The third-order valence-corrected chi connectivity index (χ3v) is 7.42. The predicted octanol–water partition coefficient (Wildman–Crippen LogP) is 5.81. The van der Waals surface area contributed by atoms with Crippen molar-refractivity contribution < 1.29 is 19.1 Å². The number of nitrogens with one attached hydrogen (secondary N) is 1. The van der Waals surface area contributed by atoms with Crippen molar-refractivity contribution in [3.8, 4) is 23.1 Å². The first-order valence-electron chi connectivity index (χ1n) is 13.6. The number of benzene rings is 3. The van der Waals surface area contributed by atoms with Gasteiger partial charge >= 0.3 is 5.97 Å². The minimum absolute atomic E-state index is 0.164. The van der Waals surface area contributed by atoms with Crippen LogP contribution in [0, 0.1) is 18.3 Å². The van der Waals surface area contributed by atoms with Crippen LogP contribution < -0.4 is 15.0 Å². The molecule has 0 radical (unpaired) electrons. The van der Waals surface area contributed by atoms with E-state index < -0.39 is 12.0 Å². The molecule has 218 valence electrons. The van der Waals surface area contributed by atoms with Crippen LogP contribution in [0.15, 0.2) is 82.4 Å². The minimum Gasteiger partial charge on any atom is -0.492 e. The summed E-state index contributed by atoms with van der Waals surface area (Å²) in [4.78, 5) is 27.4. The number of aromatic nitrogens is 3. The Labute approximate surface area is 253 Å². The van der Waals surface area contributed by atoms with Crippen molar-refractivity contribution in [3.05, 3.63) is 89.5 Å². The molecule has 0 aliphatic rings. The Morgan fingerprint density at radius 3 is 2.53 bits per heavy atom. The molecule has 43 heavy (non-hydrogen) atoms. The molecule has 2 aromatic heterocycles. The lowest BCUT2D eigenvalue weighted by molar-refractivity contribution is -0.137. The zero-order valence-electron chi connectivity index (χ0n) is 23.9. The smallest absolute Gasteiger partial charge is 0.326 e. The number of anilines is 2. The van der Waals surface area contributed by atoms with Crippen LogP contribution in [-0.4, -0.2) is 58.5 Å². The second-order valence-electron chi connectivity index (χ2n) is 9.82. The summed E-state index contributed by atoms with van der Waals surface area (Å²) in [5.74, 6) is 0.178. The fourth-order valence-electron chi connectivity index (χ4n) is 4.58. The summed E-state index contributed by atoms with van der Waals surface area (Å²) in [5.41, 5.74) is 5.01. The molecule has 0 aliphatic heterocycles. The van der Waals surface area contributed by atoms with E-state index in [9.17, 15) is 15.2 Å². The van der Waals surface area contributed by atoms with Gasteiger partial charge in [0.1, 0.15) is 35.5 Å². The summed E-state index contributed by atoms with van der Waals surface area (Å²) in [7, 11) is 1.87. The van der Waals surface area contributed by atoms with Gasteiger partial charge in [0.25, 0.3) is 6.01 Å². The number of thioether (sulfide) groups is 1. The minimum atomic E-state index is -1.01. The van der Waals surface area contributed by atoms with Gasteiger partial charge in [0.05, 0.1) is 12.2 Å². The molecule has 1 unspecified atom stereocenters. The van der Waals surface area contributed by atoms with Gasteiger partial charge in [-0.15, -0.1) is 0 Å². The highest BCUT2D eigenvalue weighted by atomic mass is 32.2. The van der Waals surface area contributed by atoms with Crippen LogP contribution in [-0.2, 0) is 11.2 Å². The van der Waals surface area contributed by atoms with E-state index in [4.69, 9.17) is 9.15 Å². The SMILES string of the molecule is CSc1nc(-c2ccccc2C)c(C#N)c(N(C)CCOc2ccc(CC(Nc3nc4ccccc4o3)C(=O)O)cc2)n1. The quantitative estimate of drug-likeness (QED) is 0.134. The summed E-state index contributed by atoms with van der Waals surface area (Å²) in [6.07, 6.45) is 2.13. The number of carboxylic acid groups (broad SMARTS) is 1. The van der Waals surface area contributed by atoms with Crippen molar-refractivity contribution in [3.63, 3.8) is 0 Å². The molecule has 0 saturated carbocycles. The molecule has 0 amide bonds.